The van der Waals surface area contributed by atoms with E-state index in [1.165, 1.54) is 12.3 Å². The first-order valence-electron chi connectivity index (χ1n) is 7.84. The summed E-state index contributed by atoms with van der Waals surface area (Å²) in [5.74, 6) is -1.15. The first-order valence-corrected chi connectivity index (χ1v) is 7.84. The molecule has 2 aromatic carbocycles. The number of aromatic nitrogens is 3. The Morgan fingerprint density at radius 3 is 2.64 bits per heavy atom. The van der Waals surface area contributed by atoms with Gasteiger partial charge in [0.25, 0.3) is 0 Å². The zero-order valence-corrected chi connectivity index (χ0v) is 13.8. The van der Waals surface area contributed by atoms with Crippen molar-refractivity contribution in [3.05, 3.63) is 65.4 Å². The van der Waals surface area contributed by atoms with Crippen molar-refractivity contribution in [2.45, 2.75) is 20.3 Å². The van der Waals surface area contributed by atoms with Crippen molar-refractivity contribution in [2.75, 3.05) is 10.6 Å². The van der Waals surface area contributed by atoms with E-state index in [4.69, 9.17) is 0 Å². The molecule has 0 fully saturated rings. The molecule has 2 N–H and O–H groups in total. The van der Waals surface area contributed by atoms with Gasteiger partial charge in [-0.3, -0.25) is 0 Å². The van der Waals surface area contributed by atoms with Crippen molar-refractivity contribution in [1.82, 2.24) is 15.2 Å². The Morgan fingerprint density at radius 2 is 1.88 bits per heavy atom. The predicted octanol–water partition coefficient (Wildman–Crippen LogP) is 4.51. The SMILES string of the molecule is CCc1cccc(C)c1Nc1nncc(Nc2ccc(F)c(F)c2)n1. The number of nitrogens with one attached hydrogen (secondary N) is 2. The standard InChI is InChI=1S/C18H17F2N5/c1-3-12-6-4-5-11(2)17(12)24-18-23-16(10-21-25-18)22-13-7-8-14(19)15(20)9-13/h4-10H,3H2,1-2H3,(H2,22,23,24,25). The molecule has 0 atom stereocenters. The Kier molecular flexibility index (Phi) is 4.83. The summed E-state index contributed by atoms with van der Waals surface area (Å²) in [6.45, 7) is 4.07. The largest absolute Gasteiger partial charge is 0.339 e. The number of hydrogen-bond donors (Lipinski definition) is 2. The molecule has 128 valence electrons. The molecule has 25 heavy (non-hydrogen) atoms. The number of anilines is 4. The zero-order valence-electron chi connectivity index (χ0n) is 13.8. The smallest absolute Gasteiger partial charge is 0.249 e. The molecule has 5 nitrogen and oxygen atoms in total. The Balaban J connectivity index is 1.83. The molecule has 0 saturated heterocycles. The second-order valence-electron chi connectivity index (χ2n) is 5.51. The van der Waals surface area contributed by atoms with E-state index in [2.05, 4.69) is 32.7 Å². The van der Waals surface area contributed by atoms with E-state index < -0.39 is 11.6 Å². The van der Waals surface area contributed by atoms with Gasteiger partial charge in [0.1, 0.15) is 0 Å². The fourth-order valence-electron chi connectivity index (χ4n) is 2.45. The molecular formula is C18H17F2N5. The number of para-hydroxylation sites is 1. The molecule has 0 aliphatic heterocycles. The lowest BCUT2D eigenvalue weighted by molar-refractivity contribution is 0.509. The van der Waals surface area contributed by atoms with E-state index in [0.29, 0.717) is 17.5 Å². The first-order chi connectivity index (χ1) is 12.1. The maximum atomic E-state index is 13.3. The van der Waals surface area contributed by atoms with Crippen molar-refractivity contribution in [1.29, 1.82) is 0 Å². The minimum Gasteiger partial charge on any atom is -0.339 e. The van der Waals surface area contributed by atoms with Gasteiger partial charge in [-0.15, -0.1) is 5.10 Å². The van der Waals surface area contributed by atoms with Crippen LogP contribution in [-0.4, -0.2) is 15.2 Å². The normalized spacial score (nSPS) is 10.6. The van der Waals surface area contributed by atoms with Crippen LogP contribution >= 0.6 is 0 Å². The van der Waals surface area contributed by atoms with Crippen LogP contribution in [0, 0.1) is 18.6 Å². The fourth-order valence-corrected chi connectivity index (χ4v) is 2.45. The number of halogens is 2. The van der Waals surface area contributed by atoms with Crippen LogP contribution in [0.3, 0.4) is 0 Å². The van der Waals surface area contributed by atoms with Crippen LogP contribution in [0.1, 0.15) is 18.1 Å². The summed E-state index contributed by atoms with van der Waals surface area (Å²) in [6, 6.07) is 9.56. The molecule has 7 heteroatoms. The molecule has 0 aliphatic rings. The molecule has 0 radical (unpaired) electrons. The van der Waals surface area contributed by atoms with Crippen molar-refractivity contribution in [2.24, 2.45) is 0 Å². The average Bonchev–Trinajstić information content (AvgIpc) is 2.60. The molecule has 0 amide bonds. The van der Waals surface area contributed by atoms with E-state index in [1.807, 2.05) is 25.1 Å². The summed E-state index contributed by atoms with van der Waals surface area (Å²) in [5.41, 5.74) is 3.52. The van der Waals surface area contributed by atoms with E-state index >= 15 is 0 Å². The highest BCUT2D eigenvalue weighted by molar-refractivity contribution is 5.64. The van der Waals surface area contributed by atoms with Crippen molar-refractivity contribution in [3.63, 3.8) is 0 Å². The Labute approximate surface area is 144 Å². The van der Waals surface area contributed by atoms with Crippen LogP contribution in [0.4, 0.5) is 31.9 Å². The molecule has 1 heterocycles. The number of hydrogen-bond acceptors (Lipinski definition) is 5. The fraction of sp³-hybridized carbons (Fsp3) is 0.167. The van der Waals surface area contributed by atoms with Crippen molar-refractivity contribution < 1.29 is 8.78 Å². The Bertz CT molecular complexity index is 898. The highest BCUT2D eigenvalue weighted by atomic mass is 19.2. The molecule has 0 unspecified atom stereocenters. The third-order valence-corrected chi connectivity index (χ3v) is 3.73. The molecule has 1 aromatic heterocycles. The lowest BCUT2D eigenvalue weighted by Crippen LogP contribution is -2.05. The van der Waals surface area contributed by atoms with Gasteiger partial charge < -0.3 is 10.6 Å². The number of benzene rings is 2. The van der Waals surface area contributed by atoms with E-state index in [-0.39, 0.29) is 0 Å². The Morgan fingerprint density at radius 1 is 1.04 bits per heavy atom. The number of nitrogens with zero attached hydrogens (tertiary/aromatic N) is 3. The topological polar surface area (TPSA) is 62.7 Å². The maximum Gasteiger partial charge on any atom is 0.249 e. The maximum absolute atomic E-state index is 13.3. The summed E-state index contributed by atoms with van der Waals surface area (Å²) < 4.78 is 26.3. The van der Waals surface area contributed by atoms with Gasteiger partial charge in [0.2, 0.25) is 5.95 Å². The molecular weight excluding hydrogens is 324 g/mol. The van der Waals surface area contributed by atoms with Crippen molar-refractivity contribution >= 4 is 23.1 Å². The molecule has 3 rings (SSSR count). The summed E-state index contributed by atoms with van der Waals surface area (Å²) in [6.07, 6.45) is 2.27. The van der Waals surface area contributed by atoms with Gasteiger partial charge in [0.15, 0.2) is 17.5 Å². The molecule has 0 bridgehead atoms. The van der Waals surface area contributed by atoms with Crippen LogP contribution in [0.25, 0.3) is 0 Å². The Hall–Kier alpha value is -3.09. The van der Waals surface area contributed by atoms with Crippen LogP contribution in [0.5, 0.6) is 0 Å². The average molecular weight is 341 g/mol. The highest BCUT2D eigenvalue weighted by Crippen LogP contribution is 2.24. The van der Waals surface area contributed by atoms with Crippen LogP contribution in [0.15, 0.2) is 42.6 Å². The monoisotopic (exact) mass is 341 g/mol. The minimum absolute atomic E-state index is 0.316. The molecule has 0 saturated carbocycles. The molecule has 0 aliphatic carbocycles. The zero-order chi connectivity index (χ0) is 17.8. The summed E-state index contributed by atoms with van der Waals surface area (Å²) >= 11 is 0. The van der Waals surface area contributed by atoms with Crippen LogP contribution in [-0.2, 0) is 6.42 Å². The number of aryl methyl sites for hydroxylation is 2. The third-order valence-electron chi connectivity index (χ3n) is 3.73. The molecule has 3 aromatic rings. The second-order valence-corrected chi connectivity index (χ2v) is 5.51. The van der Waals surface area contributed by atoms with Gasteiger partial charge in [-0.05, 0) is 36.6 Å². The summed E-state index contributed by atoms with van der Waals surface area (Å²) in [5, 5.41) is 13.9. The van der Waals surface area contributed by atoms with Gasteiger partial charge in [-0.25, -0.2) is 8.78 Å². The molecule has 0 spiro atoms. The quantitative estimate of drug-likeness (QED) is 0.715. The highest BCUT2D eigenvalue weighted by Gasteiger charge is 2.08. The summed E-state index contributed by atoms with van der Waals surface area (Å²) in [4.78, 5) is 4.32. The predicted molar refractivity (Wildman–Crippen MR) is 93.3 cm³/mol. The van der Waals surface area contributed by atoms with Crippen molar-refractivity contribution in [3.8, 4) is 0 Å². The van der Waals surface area contributed by atoms with Gasteiger partial charge >= 0.3 is 0 Å². The van der Waals surface area contributed by atoms with Gasteiger partial charge in [-0.2, -0.15) is 10.1 Å². The van der Waals surface area contributed by atoms with E-state index in [1.54, 1.807) is 0 Å². The number of rotatable bonds is 5. The first kappa shape index (κ1) is 16.8. The van der Waals surface area contributed by atoms with Crippen LogP contribution < -0.4 is 10.6 Å². The van der Waals surface area contributed by atoms with Gasteiger partial charge in [0, 0.05) is 17.4 Å². The lowest BCUT2D eigenvalue weighted by Gasteiger charge is -2.13. The van der Waals surface area contributed by atoms with E-state index in [0.717, 1.165) is 35.4 Å². The third kappa shape index (κ3) is 3.88. The van der Waals surface area contributed by atoms with Gasteiger partial charge in [-0.1, -0.05) is 25.1 Å². The van der Waals surface area contributed by atoms with E-state index in [9.17, 15) is 8.78 Å². The minimum atomic E-state index is -0.933. The van der Waals surface area contributed by atoms with Gasteiger partial charge in [0.05, 0.1) is 6.20 Å². The van der Waals surface area contributed by atoms with Crippen LogP contribution in [0.2, 0.25) is 0 Å². The lowest BCUT2D eigenvalue weighted by atomic mass is 10.1. The summed E-state index contributed by atoms with van der Waals surface area (Å²) in [7, 11) is 0. The second kappa shape index (κ2) is 7.21.